The van der Waals surface area contributed by atoms with Gasteiger partial charge in [0.2, 0.25) is 11.8 Å². The van der Waals surface area contributed by atoms with Gasteiger partial charge in [0.15, 0.2) is 0 Å². The average Bonchev–Trinajstić information content (AvgIpc) is 4.17. The molecule has 3 aliphatic rings. The molecule has 3 aromatic carbocycles. The van der Waals surface area contributed by atoms with Crippen LogP contribution in [0.1, 0.15) is 91.9 Å². The lowest BCUT2D eigenvalue weighted by Gasteiger charge is -2.30. The lowest BCUT2D eigenvalue weighted by Crippen LogP contribution is -2.48. The number of carbonyl (C=O) groups excluding carboxylic acids is 4. The second-order valence-electron chi connectivity index (χ2n) is 16.0. The first-order valence-corrected chi connectivity index (χ1v) is 21.2. The number of hydrogen-bond donors (Lipinski definition) is 4. The van der Waals surface area contributed by atoms with E-state index in [0.717, 1.165) is 83.6 Å². The molecule has 5 amide bonds. The van der Waals surface area contributed by atoms with Crippen molar-refractivity contribution in [2.75, 3.05) is 26.7 Å². The summed E-state index contributed by atoms with van der Waals surface area (Å²) in [7, 11) is 1.25. The molecule has 5 aromatic rings. The molecule has 318 valence electrons. The van der Waals surface area contributed by atoms with Crippen LogP contribution in [0.25, 0.3) is 22.5 Å². The van der Waals surface area contributed by atoms with Crippen LogP contribution in [0.2, 0.25) is 0 Å². The number of amides is 5. The van der Waals surface area contributed by atoms with Crippen molar-refractivity contribution in [3.63, 3.8) is 0 Å². The smallest absolute Gasteiger partial charge is 0.407 e. The van der Waals surface area contributed by atoms with Gasteiger partial charge in [0.05, 0.1) is 43.0 Å². The second kappa shape index (κ2) is 18.6. The molecule has 14 heteroatoms. The number of hydrogen-bond acceptors (Lipinski definition) is 7. The number of carbonyl (C=O) groups is 4. The van der Waals surface area contributed by atoms with E-state index in [1.807, 2.05) is 95.6 Å². The molecule has 4 N–H and O–H groups in total. The number of ether oxygens (including phenoxy) is 1. The Balaban J connectivity index is 0.896. The number of imidazole rings is 2. The standard InChI is InChI=1S/C48H51N9O5/c1-4-37(53-48(61)62-3)45(58)56-27-9-14-40(56)43-49-29-38(51-43)34-22-18-32(19-23-34)16-17-33-20-24-35(25-21-33)39-30-50-44(52-39)41-15-10-28-57(41)46(59)42(36-12-6-5-7-13-36)54-47(60)55-26-8-11-31(55)2/h4-7,12-13,18-25,29-31,37,40-42H,1,8-11,14-15,26-28H2,2-3H3,(H,49,51)(H,50,52)(H,53,61)(H,54,60)/t31-,37+,40-,41-,42+/m0/s1. The lowest BCUT2D eigenvalue weighted by atomic mass is 10.0. The van der Waals surface area contributed by atoms with E-state index in [1.54, 1.807) is 17.3 Å². The highest BCUT2D eigenvalue weighted by atomic mass is 16.5. The van der Waals surface area contributed by atoms with Crippen molar-refractivity contribution in [3.8, 4) is 34.4 Å². The number of likely N-dealkylation sites (tertiary alicyclic amines) is 3. The molecule has 5 atom stereocenters. The number of urea groups is 1. The highest BCUT2D eigenvalue weighted by Crippen LogP contribution is 2.35. The van der Waals surface area contributed by atoms with Crippen LogP contribution in [0.5, 0.6) is 0 Å². The molecule has 8 rings (SSSR count). The summed E-state index contributed by atoms with van der Waals surface area (Å²) in [4.78, 5) is 74.3. The number of nitrogens with zero attached hydrogens (tertiary/aromatic N) is 5. The van der Waals surface area contributed by atoms with Gasteiger partial charge in [-0.25, -0.2) is 19.6 Å². The third-order valence-electron chi connectivity index (χ3n) is 12.1. The minimum absolute atomic E-state index is 0.138. The molecule has 0 saturated carbocycles. The Morgan fingerprint density at radius 2 is 1.24 bits per heavy atom. The van der Waals surface area contributed by atoms with E-state index in [0.29, 0.717) is 25.5 Å². The van der Waals surface area contributed by atoms with Crippen molar-refractivity contribution >= 4 is 23.9 Å². The molecule has 0 bridgehead atoms. The van der Waals surface area contributed by atoms with Crippen LogP contribution in [-0.4, -0.2) is 97.4 Å². The third-order valence-corrected chi connectivity index (χ3v) is 12.1. The third kappa shape index (κ3) is 8.97. The van der Waals surface area contributed by atoms with Gasteiger partial charge in [-0.1, -0.05) is 72.5 Å². The predicted octanol–water partition coefficient (Wildman–Crippen LogP) is 7.04. The van der Waals surface area contributed by atoms with Gasteiger partial charge in [-0.15, -0.1) is 6.58 Å². The second-order valence-corrected chi connectivity index (χ2v) is 16.0. The largest absolute Gasteiger partial charge is 0.453 e. The van der Waals surface area contributed by atoms with E-state index >= 15 is 0 Å². The number of methoxy groups -OCH3 is 1. The molecule has 0 spiro atoms. The molecule has 0 unspecified atom stereocenters. The first-order valence-electron chi connectivity index (χ1n) is 21.2. The molecular weight excluding hydrogens is 783 g/mol. The number of H-pyrrole nitrogens is 2. The Hall–Kier alpha value is -7.14. The number of benzene rings is 3. The maximum atomic E-state index is 14.3. The number of rotatable bonds is 10. The Morgan fingerprint density at radius 1 is 0.726 bits per heavy atom. The molecule has 14 nitrogen and oxygen atoms in total. The molecule has 0 aliphatic carbocycles. The molecular formula is C48H51N9O5. The number of aromatic nitrogens is 4. The monoisotopic (exact) mass is 833 g/mol. The van der Waals surface area contributed by atoms with Crippen molar-refractivity contribution in [2.45, 2.75) is 75.7 Å². The van der Waals surface area contributed by atoms with Gasteiger partial charge in [0.1, 0.15) is 23.7 Å². The summed E-state index contributed by atoms with van der Waals surface area (Å²) in [6.45, 7) is 7.57. The quantitative estimate of drug-likeness (QED) is 0.0865. The molecule has 5 heterocycles. The first kappa shape index (κ1) is 41.6. The van der Waals surface area contributed by atoms with E-state index < -0.39 is 18.2 Å². The summed E-state index contributed by atoms with van der Waals surface area (Å²) in [5.41, 5.74) is 6.02. The van der Waals surface area contributed by atoms with E-state index in [4.69, 9.17) is 4.98 Å². The number of aromatic amines is 2. The molecule has 2 aromatic heterocycles. The van der Waals surface area contributed by atoms with Crippen LogP contribution in [-0.2, 0) is 14.3 Å². The van der Waals surface area contributed by atoms with E-state index in [1.165, 1.54) is 13.2 Å². The molecule has 3 fully saturated rings. The van der Waals surface area contributed by atoms with Crippen molar-refractivity contribution in [3.05, 3.63) is 132 Å². The fraction of sp³-hybridized carbons (Fsp3) is 0.333. The Labute approximate surface area is 361 Å². The zero-order chi connectivity index (χ0) is 43.2. The minimum Gasteiger partial charge on any atom is -0.453 e. The van der Waals surface area contributed by atoms with Gasteiger partial charge in [-0.05, 0) is 86.4 Å². The van der Waals surface area contributed by atoms with Crippen LogP contribution < -0.4 is 10.6 Å². The zero-order valence-corrected chi connectivity index (χ0v) is 35.0. The van der Waals surface area contributed by atoms with Gasteiger partial charge in [-0.2, -0.15) is 0 Å². The predicted molar refractivity (Wildman–Crippen MR) is 234 cm³/mol. The highest BCUT2D eigenvalue weighted by Gasteiger charge is 2.39. The number of nitrogens with one attached hydrogen (secondary N) is 4. The molecule has 3 saturated heterocycles. The van der Waals surface area contributed by atoms with Gasteiger partial charge >= 0.3 is 12.1 Å². The normalized spacial score (nSPS) is 19.3. The summed E-state index contributed by atoms with van der Waals surface area (Å²) >= 11 is 0. The van der Waals surface area contributed by atoms with Gasteiger partial charge in [0.25, 0.3) is 0 Å². The molecule has 0 radical (unpaired) electrons. The van der Waals surface area contributed by atoms with Gasteiger partial charge in [-0.3, -0.25) is 9.59 Å². The van der Waals surface area contributed by atoms with Crippen LogP contribution >= 0.6 is 0 Å². The SMILES string of the molecule is C=C[C@@H](NC(=O)OC)C(=O)N1CCC[C@H]1c1ncc(-c2ccc(C#Cc3ccc(-c4cnc([C@@H]5CCCN5C(=O)[C@H](NC(=O)N5CCC[C@@H]5C)c5ccccc5)[nH]4)cc3)cc2)[nH]1. The Kier molecular flexibility index (Phi) is 12.5. The van der Waals surface area contributed by atoms with Crippen molar-refractivity contribution in [1.29, 1.82) is 0 Å². The highest BCUT2D eigenvalue weighted by molar-refractivity contribution is 5.89. The Morgan fingerprint density at radius 3 is 1.74 bits per heavy atom. The maximum absolute atomic E-state index is 14.3. The number of alkyl carbamates (subject to hydrolysis) is 1. The van der Waals surface area contributed by atoms with E-state index in [-0.39, 0.29) is 36.0 Å². The fourth-order valence-corrected chi connectivity index (χ4v) is 8.67. The molecule has 3 aliphatic heterocycles. The van der Waals surface area contributed by atoms with Gasteiger partial charge in [0, 0.05) is 36.8 Å². The van der Waals surface area contributed by atoms with Crippen LogP contribution in [0.3, 0.4) is 0 Å². The first-order chi connectivity index (χ1) is 30.2. The summed E-state index contributed by atoms with van der Waals surface area (Å²) in [5.74, 6) is 7.52. The summed E-state index contributed by atoms with van der Waals surface area (Å²) < 4.78 is 4.66. The average molecular weight is 834 g/mol. The van der Waals surface area contributed by atoms with Crippen LogP contribution in [0.15, 0.2) is 104 Å². The van der Waals surface area contributed by atoms with E-state index in [2.05, 4.69) is 48.7 Å². The van der Waals surface area contributed by atoms with Crippen LogP contribution in [0.4, 0.5) is 9.59 Å². The summed E-state index contributed by atoms with van der Waals surface area (Å²) in [5, 5.41) is 5.60. The van der Waals surface area contributed by atoms with Crippen LogP contribution in [0, 0.1) is 11.8 Å². The van der Waals surface area contributed by atoms with Gasteiger partial charge < -0.3 is 40.0 Å². The van der Waals surface area contributed by atoms with Crippen molar-refractivity contribution in [2.24, 2.45) is 0 Å². The van der Waals surface area contributed by atoms with E-state index in [9.17, 15) is 19.2 Å². The van der Waals surface area contributed by atoms with Crippen molar-refractivity contribution in [1.82, 2.24) is 45.3 Å². The maximum Gasteiger partial charge on any atom is 0.407 e. The minimum atomic E-state index is -0.895. The summed E-state index contributed by atoms with van der Waals surface area (Å²) in [6.07, 6.45) is 9.37. The fourth-order valence-electron chi connectivity index (χ4n) is 8.67. The van der Waals surface area contributed by atoms with Crippen molar-refractivity contribution < 1.29 is 23.9 Å². The lowest BCUT2D eigenvalue weighted by molar-refractivity contribution is -0.134. The topological polar surface area (TPSA) is 169 Å². The molecule has 62 heavy (non-hydrogen) atoms. The Bertz CT molecular complexity index is 2470. The summed E-state index contributed by atoms with van der Waals surface area (Å²) in [6, 6.07) is 23.1. The zero-order valence-electron chi connectivity index (χ0n) is 35.0.